The number of anilines is 1. The SMILES string of the molecule is COCCNc1ccc(C(=O)NCc2ccc(-n3ccnc3)c(F)c2)cc1[N+](=O)[O-]. The van der Waals surface area contributed by atoms with E-state index in [9.17, 15) is 19.3 Å². The highest BCUT2D eigenvalue weighted by molar-refractivity contribution is 5.95. The Labute approximate surface area is 171 Å². The summed E-state index contributed by atoms with van der Waals surface area (Å²) >= 11 is 0. The number of aromatic nitrogens is 2. The second-order valence-corrected chi connectivity index (χ2v) is 6.35. The molecule has 3 aromatic rings. The molecule has 9 nitrogen and oxygen atoms in total. The Hall–Kier alpha value is -3.79. The first-order valence-electron chi connectivity index (χ1n) is 9.06. The molecule has 1 heterocycles. The number of nitrogens with one attached hydrogen (secondary N) is 2. The van der Waals surface area contributed by atoms with Crippen LogP contribution in [0.15, 0.2) is 55.1 Å². The maximum atomic E-state index is 14.3. The zero-order chi connectivity index (χ0) is 21.5. The molecule has 0 unspecified atom stereocenters. The molecule has 0 aliphatic heterocycles. The Balaban J connectivity index is 1.68. The lowest BCUT2D eigenvalue weighted by molar-refractivity contribution is -0.384. The highest BCUT2D eigenvalue weighted by Gasteiger charge is 2.17. The van der Waals surface area contributed by atoms with Gasteiger partial charge in [-0.05, 0) is 29.8 Å². The van der Waals surface area contributed by atoms with Crippen molar-refractivity contribution in [3.8, 4) is 5.69 Å². The van der Waals surface area contributed by atoms with E-state index in [1.165, 1.54) is 37.7 Å². The van der Waals surface area contributed by atoms with Gasteiger partial charge >= 0.3 is 0 Å². The number of halogens is 1. The molecule has 0 aliphatic rings. The number of nitrogens with zero attached hydrogens (tertiary/aromatic N) is 3. The summed E-state index contributed by atoms with van der Waals surface area (Å²) in [6.45, 7) is 0.848. The molecule has 10 heteroatoms. The zero-order valence-electron chi connectivity index (χ0n) is 16.2. The van der Waals surface area contributed by atoms with Crippen LogP contribution >= 0.6 is 0 Å². The van der Waals surface area contributed by atoms with Crippen molar-refractivity contribution in [2.75, 3.05) is 25.6 Å². The van der Waals surface area contributed by atoms with Gasteiger partial charge in [0.15, 0.2) is 0 Å². The normalized spacial score (nSPS) is 10.6. The average Bonchev–Trinajstić information content (AvgIpc) is 3.27. The topological polar surface area (TPSA) is 111 Å². The summed E-state index contributed by atoms with van der Waals surface area (Å²) in [5, 5.41) is 16.9. The standard InChI is InChI=1S/C20H20FN5O4/c1-30-9-7-23-17-4-3-15(11-19(17)26(28)29)20(27)24-12-14-2-5-18(16(21)10-14)25-8-6-22-13-25/h2-6,8,10-11,13,23H,7,9,12H2,1H3,(H,24,27). The summed E-state index contributed by atoms with van der Waals surface area (Å²) in [6.07, 6.45) is 4.66. The lowest BCUT2D eigenvalue weighted by atomic mass is 10.1. The summed E-state index contributed by atoms with van der Waals surface area (Å²) in [5.41, 5.74) is 1.11. The molecular weight excluding hydrogens is 393 g/mol. The van der Waals surface area contributed by atoms with E-state index in [1.54, 1.807) is 29.1 Å². The van der Waals surface area contributed by atoms with Gasteiger partial charge in [0.25, 0.3) is 11.6 Å². The van der Waals surface area contributed by atoms with Crippen LogP contribution in [0.25, 0.3) is 5.69 Å². The van der Waals surface area contributed by atoms with Crippen molar-refractivity contribution in [1.29, 1.82) is 0 Å². The molecule has 0 radical (unpaired) electrons. The van der Waals surface area contributed by atoms with E-state index in [0.717, 1.165) is 0 Å². The van der Waals surface area contributed by atoms with Gasteiger partial charge in [0.1, 0.15) is 11.5 Å². The maximum absolute atomic E-state index is 14.3. The van der Waals surface area contributed by atoms with Crippen LogP contribution in [0.1, 0.15) is 15.9 Å². The van der Waals surface area contributed by atoms with Gasteiger partial charge in [0.05, 0.1) is 23.5 Å². The first kappa shape index (κ1) is 20.9. The number of ether oxygens (including phenoxy) is 1. The van der Waals surface area contributed by atoms with Crippen LogP contribution in [0.5, 0.6) is 0 Å². The molecule has 0 bridgehead atoms. The van der Waals surface area contributed by atoms with Gasteiger partial charge in [0.2, 0.25) is 0 Å². The molecular formula is C20H20FN5O4. The Morgan fingerprint density at radius 2 is 2.13 bits per heavy atom. The van der Waals surface area contributed by atoms with Crippen LogP contribution in [0.2, 0.25) is 0 Å². The Morgan fingerprint density at radius 3 is 2.80 bits per heavy atom. The fourth-order valence-corrected chi connectivity index (χ4v) is 2.82. The second kappa shape index (κ2) is 9.61. The lowest BCUT2D eigenvalue weighted by Gasteiger charge is -2.10. The fraction of sp³-hybridized carbons (Fsp3) is 0.200. The molecule has 2 aromatic carbocycles. The Morgan fingerprint density at radius 1 is 1.30 bits per heavy atom. The molecule has 0 fully saturated rings. The van der Waals surface area contributed by atoms with Gasteiger partial charge in [0, 0.05) is 44.2 Å². The minimum atomic E-state index is -0.559. The zero-order valence-corrected chi connectivity index (χ0v) is 16.2. The van der Waals surface area contributed by atoms with E-state index in [2.05, 4.69) is 15.6 Å². The molecule has 30 heavy (non-hydrogen) atoms. The van der Waals surface area contributed by atoms with Crippen LogP contribution < -0.4 is 10.6 Å². The minimum Gasteiger partial charge on any atom is -0.383 e. The van der Waals surface area contributed by atoms with Crippen molar-refractivity contribution < 1.29 is 18.8 Å². The highest BCUT2D eigenvalue weighted by Crippen LogP contribution is 2.25. The predicted octanol–water partition coefficient (Wildman–Crippen LogP) is 2.91. The summed E-state index contributed by atoms with van der Waals surface area (Å²) in [6, 6.07) is 8.75. The van der Waals surface area contributed by atoms with Crippen LogP contribution in [-0.2, 0) is 11.3 Å². The molecule has 0 saturated heterocycles. The number of rotatable bonds is 9. The van der Waals surface area contributed by atoms with Gasteiger partial charge in [-0.3, -0.25) is 14.9 Å². The smallest absolute Gasteiger partial charge is 0.293 e. The van der Waals surface area contributed by atoms with E-state index in [1.807, 2.05) is 0 Å². The number of carbonyl (C=O) groups is 1. The fourth-order valence-electron chi connectivity index (χ4n) is 2.82. The van der Waals surface area contributed by atoms with E-state index >= 15 is 0 Å². The number of carbonyl (C=O) groups excluding carboxylic acids is 1. The van der Waals surface area contributed by atoms with Crippen molar-refractivity contribution in [1.82, 2.24) is 14.9 Å². The summed E-state index contributed by atoms with van der Waals surface area (Å²) in [7, 11) is 1.53. The molecule has 3 rings (SSSR count). The monoisotopic (exact) mass is 413 g/mol. The van der Waals surface area contributed by atoms with E-state index in [0.29, 0.717) is 30.1 Å². The van der Waals surface area contributed by atoms with Crippen LogP contribution in [0.3, 0.4) is 0 Å². The first-order valence-corrected chi connectivity index (χ1v) is 9.06. The Kier molecular flexibility index (Phi) is 6.71. The van der Waals surface area contributed by atoms with Crippen LogP contribution in [-0.4, -0.2) is 40.6 Å². The summed E-state index contributed by atoms with van der Waals surface area (Å²) in [4.78, 5) is 27.1. The predicted molar refractivity (Wildman–Crippen MR) is 108 cm³/mol. The van der Waals surface area contributed by atoms with E-state index in [-0.39, 0.29) is 17.8 Å². The number of imidazole rings is 1. The molecule has 0 aliphatic carbocycles. The van der Waals surface area contributed by atoms with Crippen LogP contribution in [0, 0.1) is 15.9 Å². The number of nitro groups is 1. The number of amides is 1. The van der Waals surface area contributed by atoms with Crippen molar-refractivity contribution in [3.63, 3.8) is 0 Å². The van der Waals surface area contributed by atoms with E-state index in [4.69, 9.17) is 4.74 Å². The van der Waals surface area contributed by atoms with Gasteiger partial charge in [-0.15, -0.1) is 0 Å². The van der Waals surface area contributed by atoms with E-state index < -0.39 is 16.6 Å². The quantitative estimate of drug-likeness (QED) is 0.317. The lowest BCUT2D eigenvalue weighted by Crippen LogP contribution is -2.23. The molecule has 0 atom stereocenters. The molecule has 2 N–H and O–H groups in total. The molecule has 1 amide bonds. The van der Waals surface area contributed by atoms with Crippen molar-refractivity contribution in [3.05, 3.63) is 82.2 Å². The van der Waals surface area contributed by atoms with Crippen molar-refractivity contribution >= 4 is 17.3 Å². The summed E-state index contributed by atoms with van der Waals surface area (Å²) < 4.78 is 20.8. The molecule has 0 spiro atoms. The molecule has 0 saturated carbocycles. The van der Waals surface area contributed by atoms with Crippen molar-refractivity contribution in [2.45, 2.75) is 6.54 Å². The van der Waals surface area contributed by atoms with Gasteiger partial charge < -0.3 is 19.9 Å². The minimum absolute atomic E-state index is 0.0710. The maximum Gasteiger partial charge on any atom is 0.293 e. The summed E-state index contributed by atoms with van der Waals surface area (Å²) in [5.74, 6) is -0.956. The number of hydrogen-bond acceptors (Lipinski definition) is 6. The van der Waals surface area contributed by atoms with Crippen molar-refractivity contribution in [2.24, 2.45) is 0 Å². The van der Waals surface area contributed by atoms with Gasteiger partial charge in [-0.1, -0.05) is 6.07 Å². The third-order valence-corrected chi connectivity index (χ3v) is 4.33. The largest absolute Gasteiger partial charge is 0.383 e. The third kappa shape index (κ3) is 4.97. The third-order valence-electron chi connectivity index (χ3n) is 4.33. The number of benzene rings is 2. The molecule has 1 aromatic heterocycles. The number of hydrogen-bond donors (Lipinski definition) is 2. The van der Waals surface area contributed by atoms with Gasteiger partial charge in [-0.25, -0.2) is 9.37 Å². The van der Waals surface area contributed by atoms with Gasteiger partial charge in [-0.2, -0.15) is 0 Å². The molecule has 156 valence electrons. The number of nitro benzene ring substituents is 1. The number of methoxy groups -OCH3 is 1. The highest BCUT2D eigenvalue weighted by atomic mass is 19.1. The Bertz CT molecular complexity index is 1040. The first-order chi connectivity index (χ1) is 14.5. The average molecular weight is 413 g/mol. The second-order valence-electron chi connectivity index (χ2n) is 6.35. The van der Waals surface area contributed by atoms with Crippen LogP contribution in [0.4, 0.5) is 15.8 Å².